The third-order valence-electron chi connectivity index (χ3n) is 7.12. The molecule has 33 heavy (non-hydrogen) atoms. The molecule has 2 aliphatic carbocycles. The number of carbonyl (C=O) groups excluding carboxylic acids is 1. The van der Waals surface area contributed by atoms with Crippen LogP contribution >= 0.6 is 11.8 Å². The third-order valence-corrected chi connectivity index (χ3v) is 8.07. The molecule has 1 N–H and O–H groups in total. The maximum atomic E-state index is 14.0. The number of rotatable bonds is 11. The van der Waals surface area contributed by atoms with Gasteiger partial charge in [0.2, 0.25) is 5.91 Å². The van der Waals surface area contributed by atoms with Crippen molar-refractivity contribution in [1.29, 1.82) is 0 Å². The van der Waals surface area contributed by atoms with Gasteiger partial charge in [-0.1, -0.05) is 44.2 Å². The van der Waals surface area contributed by atoms with Gasteiger partial charge in [0.05, 0.1) is 5.75 Å². The van der Waals surface area contributed by atoms with Crippen molar-refractivity contribution in [2.45, 2.75) is 70.7 Å². The van der Waals surface area contributed by atoms with Crippen molar-refractivity contribution in [3.8, 4) is 5.75 Å². The predicted molar refractivity (Wildman–Crippen MR) is 128 cm³/mol. The molecule has 8 heteroatoms. The summed E-state index contributed by atoms with van der Waals surface area (Å²) < 4.78 is 22.0. The number of nitrogens with one attached hydrogen (secondary N) is 1. The molecule has 0 aliphatic heterocycles. The molecular formula is C25H35FN4O2S. The maximum absolute atomic E-state index is 14.0. The number of halogens is 1. The average Bonchev–Trinajstić information content (AvgIpc) is 3.52. The summed E-state index contributed by atoms with van der Waals surface area (Å²) in [7, 11) is 0. The fourth-order valence-corrected chi connectivity index (χ4v) is 6.25. The van der Waals surface area contributed by atoms with Crippen LogP contribution in [0, 0.1) is 29.5 Å². The molecule has 1 amide bonds. The molecule has 2 bridgehead atoms. The Labute approximate surface area is 200 Å². The number of ether oxygens (including phenoxy) is 1. The molecule has 2 saturated carbocycles. The number of fused-ring (bicyclic) bond motifs is 2. The topological polar surface area (TPSA) is 69.0 Å². The second-order valence-electron chi connectivity index (χ2n) is 9.89. The molecule has 0 saturated heterocycles. The average molecular weight is 475 g/mol. The molecule has 1 aromatic heterocycles. The molecule has 1 aromatic carbocycles. The van der Waals surface area contributed by atoms with E-state index in [4.69, 9.17) is 4.74 Å². The van der Waals surface area contributed by atoms with Crippen molar-refractivity contribution in [1.82, 2.24) is 20.1 Å². The van der Waals surface area contributed by atoms with Gasteiger partial charge in [-0.3, -0.25) is 9.36 Å². The monoisotopic (exact) mass is 474 g/mol. The highest BCUT2D eigenvalue weighted by Gasteiger charge is 2.43. The van der Waals surface area contributed by atoms with Crippen molar-refractivity contribution in [2.24, 2.45) is 23.7 Å². The molecule has 2 fully saturated rings. The van der Waals surface area contributed by atoms with Gasteiger partial charge in [-0.15, -0.1) is 10.2 Å². The normalized spacial score (nSPS) is 22.6. The smallest absolute Gasteiger partial charge is 0.230 e. The number of nitrogens with zero attached hydrogens (tertiary/aromatic N) is 3. The van der Waals surface area contributed by atoms with E-state index in [1.54, 1.807) is 18.2 Å². The van der Waals surface area contributed by atoms with E-state index in [1.165, 1.54) is 43.5 Å². The number of hydrogen-bond donors (Lipinski definition) is 1. The quantitative estimate of drug-likeness (QED) is 0.451. The lowest BCUT2D eigenvalue weighted by molar-refractivity contribution is -0.118. The number of amides is 1. The molecule has 0 radical (unpaired) electrons. The van der Waals surface area contributed by atoms with Crippen LogP contribution in [0.5, 0.6) is 5.75 Å². The van der Waals surface area contributed by atoms with Gasteiger partial charge in [0.25, 0.3) is 0 Å². The van der Waals surface area contributed by atoms with E-state index >= 15 is 0 Å². The van der Waals surface area contributed by atoms with Crippen molar-refractivity contribution < 1.29 is 13.9 Å². The molecule has 4 unspecified atom stereocenters. The molecule has 1 heterocycles. The van der Waals surface area contributed by atoms with Gasteiger partial charge < -0.3 is 10.1 Å². The number of benzene rings is 1. The molecule has 4 rings (SSSR count). The Bertz CT molecular complexity index is 950. The van der Waals surface area contributed by atoms with Crippen LogP contribution in [0.1, 0.15) is 64.7 Å². The Morgan fingerprint density at radius 3 is 2.76 bits per heavy atom. The summed E-state index contributed by atoms with van der Waals surface area (Å²) in [4.78, 5) is 12.3. The van der Waals surface area contributed by atoms with E-state index in [0.717, 1.165) is 23.4 Å². The summed E-state index contributed by atoms with van der Waals surface area (Å²) in [6.07, 6.45) is 6.16. The van der Waals surface area contributed by atoms with Crippen molar-refractivity contribution in [2.75, 3.05) is 12.3 Å². The molecule has 2 aromatic rings. The Morgan fingerprint density at radius 2 is 2.06 bits per heavy atom. The van der Waals surface area contributed by atoms with Crippen LogP contribution in [0.3, 0.4) is 0 Å². The first-order chi connectivity index (χ1) is 15.9. The summed E-state index contributed by atoms with van der Waals surface area (Å²) in [5.41, 5.74) is 0. The fourth-order valence-electron chi connectivity index (χ4n) is 5.38. The van der Waals surface area contributed by atoms with Crippen LogP contribution < -0.4 is 10.1 Å². The molecular weight excluding hydrogens is 439 g/mol. The number of thioether (sulfide) groups is 1. The van der Waals surface area contributed by atoms with Crippen LogP contribution in [-0.2, 0) is 11.4 Å². The van der Waals surface area contributed by atoms with Gasteiger partial charge in [0.1, 0.15) is 6.61 Å². The van der Waals surface area contributed by atoms with E-state index < -0.39 is 5.82 Å². The maximum Gasteiger partial charge on any atom is 0.230 e. The van der Waals surface area contributed by atoms with Crippen LogP contribution in [-0.4, -0.2) is 33.0 Å². The molecule has 6 nitrogen and oxygen atoms in total. The van der Waals surface area contributed by atoms with Gasteiger partial charge in [-0.2, -0.15) is 0 Å². The lowest BCUT2D eigenvalue weighted by Crippen LogP contribution is -2.27. The zero-order valence-electron chi connectivity index (χ0n) is 19.8. The first-order valence-electron chi connectivity index (χ1n) is 12.1. The Balaban J connectivity index is 1.47. The summed E-state index contributed by atoms with van der Waals surface area (Å²) in [6, 6.07) is 6.60. The van der Waals surface area contributed by atoms with Crippen LogP contribution in [0.2, 0.25) is 0 Å². The summed E-state index contributed by atoms with van der Waals surface area (Å²) in [6.45, 7) is 7.35. The Morgan fingerprint density at radius 1 is 1.24 bits per heavy atom. The van der Waals surface area contributed by atoms with Crippen molar-refractivity contribution >= 4 is 17.7 Å². The van der Waals surface area contributed by atoms with Crippen LogP contribution in [0.25, 0.3) is 0 Å². The zero-order valence-corrected chi connectivity index (χ0v) is 20.6. The number of para-hydroxylation sites is 1. The lowest BCUT2D eigenvalue weighted by Gasteiger charge is -2.30. The summed E-state index contributed by atoms with van der Waals surface area (Å²) in [5, 5.41) is 12.5. The van der Waals surface area contributed by atoms with Crippen LogP contribution in [0.15, 0.2) is 29.4 Å². The minimum absolute atomic E-state index is 0.00642. The SMILES string of the molecule is CC(C)CCNC(=O)CSc1nnc(COc2ccccc2F)n1C(C)C1CC2CCC1C2. The number of aromatic nitrogens is 3. The van der Waals surface area contributed by atoms with E-state index in [-0.39, 0.29) is 24.3 Å². The highest BCUT2D eigenvalue weighted by molar-refractivity contribution is 7.99. The largest absolute Gasteiger partial charge is 0.483 e. The number of carbonyl (C=O) groups is 1. The second kappa shape index (κ2) is 10.9. The molecule has 4 atom stereocenters. The first-order valence-corrected chi connectivity index (χ1v) is 13.1. The Hall–Kier alpha value is -2.09. The van der Waals surface area contributed by atoms with Gasteiger partial charge >= 0.3 is 0 Å². The second-order valence-corrected chi connectivity index (χ2v) is 10.8. The van der Waals surface area contributed by atoms with E-state index in [1.807, 2.05) is 0 Å². The van der Waals surface area contributed by atoms with E-state index in [2.05, 4.69) is 40.9 Å². The van der Waals surface area contributed by atoms with Gasteiger partial charge in [0.15, 0.2) is 22.5 Å². The Kier molecular flexibility index (Phi) is 7.94. The van der Waals surface area contributed by atoms with Gasteiger partial charge in [0, 0.05) is 12.6 Å². The fraction of sp³-hybridized carbons (Fsp3) is 0.640. The molecule has 180 valence electrons. The molecule has 2 aliphatic rings. The highest BCUT2D eigenvalue weighted by atomic mass is 32.2. The zero-order chi connectivity index (χ0) is 23.4. The standard InChI is InChI=1S/C25H35FN4O2S/c1-16(2)10-11-27-24(31)15-33-25-29-28-23(14-32-22-7-5-4-6-21(22)26)30(25)17(3)20-13-18-8-9-19(20)12-18/h4-7,16-20H,8-15H2,1-3H3,(H,27,31). The summed E-state index contributed by atoms with van der Waals surface area (Å²) >= 11 is 1.41. The summed E-state index contributed by atoms with van der Waals surface area (Å²) in [5.74, 6) is 3.50. The van der Waals surface area contributed by atoms with Gasteiger partial charge in [-0.25, -0.2) is 4.39 Å². The number of hydrogen-bond acceptors (Lipinski definition) is 5. The highest BCUT2D eigenvalue weighted by Crippen LogP contribution is 2.52. The van der Waals surface area contributed by atoms with E-state index in [9.17, 15) is 9.18 Å². The van der Waals surface area contributed by atoms with Crippen molar-refractivity contribution in [3.05, 3.63) is 35.9 Å². The lowest BCUT2D eigenvalue weighted by atomic mass is 9.84. The molecule has 0 spiro atoms. The minimum atomic E-state index is -0.391. The minimum Gasteiger partial charge on any atom is -0.483 e. The van der Waals surface area contributed by atoms with Gasteiger partial charge in [-0.05, 0) is 68.4 Å². The third kappa shape index (κ3) is 5.89. The first kappa shape index (κ1) is 24.0. The van der Waals surface area contributed by atoms with Crippen LogP contribution in [0.4, 0.5) is 4.39 Å². The predicted octanol–water partition coefficient (Wildman–Crippen LogP) is 5.25. The van der Waals surface area contributed by atoms with E-state index in [0.29, 0.717) is 30.0 Å². The van der Waals surface area contributed by atoms with Crippen molar-refractivity contribution in [3.63, 3.8) is 0 Å².